The van der Waals surface area contributed by atoms with Crippen molar-refractivity contribution in [2.75, 3.05) is 0 Å². The van der Waals surface area contributed by atoms with Crippen LogP contribution in [-0.2, 0) is 5.60 Å². The van der Waals surface area contributed by atoms with Gasteiger partial charge < -0.3 is 5.11 Å². The number of rotatable bonds is 2. The van der Waals surface area contributed by atoms with Gasteiger partial charge in [0, 0.05) is 5.02 Å². The van der Waals surface area contributed by atoms with Gasteiger partial charge in [0.05, 0.1) is 5.60 Å². The molecular formula is C12H17ClO. The average molecular weight is 213 g/mol. The first kappa shape index (κ1) is 11.5. The molecule has 1 nitrogen and oxygen atoms in total. The molecule has 1 aromatic rings. The molecule has 0 amide bonds. The fraction of sp³-hybridized carbons (Fsp3) is 0.500. The Kier molecular flexibility index (Phi) is 3.23. The van der Waals surface area contributed by atoms with Gasteiger partial charge in [-0.15, -0.1) is 0 Å². The van der Waals surface area contributed by atoms with Crippen molar-refractivity contribution in [1.82, 2.24) is 0 Å². The third-order valence-electron chi connectivity index (χ3n) is 2.86. The van der Waals surface area contributed by atoms with Crippen LogP contribution in [0.1, 0.15) is 31.9 Å². The van der Waals surface area contributed by atoms with E-state index < -0.39 is 5.60 Å². The van der Waals surface area contributed by atoms with Crippen molar-refractivity contribution in [2.24, 2.45) is 5.92 Å². The second-order valence-corrected chi connectivity index (χ2v) is 4.70. The largest absolute Gasteiger partial charge is 0.385 e. The predicted octanol–water partition coefficient (Wildman–Crippen LogP) is 3.51. The number of aryl methyl sites for hydroxylation is 1. The second kappa shape index (κ2) is 3.92. The summed E-state index contributed by atoms with van der Waals surface area (Å²) in [5, 5.41) is 11.0. The molecule has 0 aliphatic heterocycles. The number of hydrogen-bond acceptors (Lipinski definition) is 1. The lowest BCUT2D eigenvalue weighted by Gasteiger charge is -2.29. The van der Waals surface area contributed by atoms with Gasteiger partial charge in [0.2, 0.25) is 0 Å². The topological polar surface area (TPSA) is 20.2 Å². The van der Waals surface area contributed by atoms with Gasteiger partial charge in [-0.05, 0) is 43.0 Å². The van der Waals surface area contributed by atoms with Crippen molar-refractivity contribution < 1.29 is 5.11 Å². The van der Waals surface area contributed by atoms with Gasteiger partial charge >= 0.3 is 0 Å². The van der Waals surface area contributed by atoms with Crippen molar-refractivity contribution in [3.05, 3.63) is 34.3 Å². The summed E-state index contributed by atoms with van der Waals surface area (Å²) >= 11 is 5.86. The lowest BCUT2D eigenvalue weighted by molar-refractivity contribution is 0.00848. The number of hydrogen-bond donors (Lipinski definition) is 1. The van der Waals surface area contributed by atoms with E-state index in [1.807, 2.05) is 45.9 Å². The Labute approximate surface area is 90.7 Å². The molecule has 0 heterocycles. The smallest absolute Gasteiger partial charge is 0.0893 e. The first-order chi connectivity index (χ1) is 6.35. The Bertz CT molecular complexity index is 329. The molecule has 0 aliphatic rings. The molecule has 0 bridgehead atoms. The van der Waals surface area contributed by atoms with Gasteiger partial charge in [-0.2, -0.15) is 0 Å². The van der Waals surface area contributed by atoms with E-state index in [0.29, 0.717) is 5.02 Å². The maximum absolute atomic E-state index is 10.3. The minimum absolute atomic E-state index is 0.183. The second-order valence-electron chi connectivity index (χ2n) is 4.26. The van der Waals surface area contributed by atoms with Gasteiger partial charge in [-0.25, -0.2) is 0 Å². The van der Waals surface area contributed by atoms with Crippen LogP contribution >= 0.6 is 11.6 Å². The summed E-state index contributed by atoms with van der Waals surface area (Å²) in [4.78, 5) is 0. The predicted molar refractivity (Wildman–Crippen MR) is 60.6 cm³/mol. The summed E-state index contributed by atoms with van der Waals surface area (Å²) in [5.41, 5.74) is 1.21. The number of halogens is 1. The molecule has 0 spiro atoms. The van der Waals surface area contributed by atoms with Gasteiger partial charge in [0.15, 0.2) is 0 Å². The Morgan fingerprint density at radius 2 is 1.93 bits per heavy atom. The molecule has 0 fully saturated rings. The fourth-order valence-electron chi connectivity index (χ4n) is 1.51. The highest BCUT2D eigenvalue weighted by Crippen LogP contribution is 2.32. The van der Waals surface area contributed by atoms with Gasteiger partial charge in [0.1, 0.15) is 0 Å². The molecule has 0 aromatic heterocycles. The maximum atomic E-state index is 10.3. The molecule has 2 heteroatoms. The zero-order valence-electron chi connectivity index (χ0n) is 9.13. The van der Waals surface area contributed by atoms with E-state index in [1.54, 1.807) is 0 Å². The molecule has 14 heavy (non-hydrogen) atoms. The highest BCUT2D eigenvalue weighted by molar-refractivity contribution is 6.30. The summed E-state index contributed by atoms with van der Waals surface area (Å²) in [6.07, 6.45) is 0. The van der Waals surface area contributed by atoms with E-state index in [-0.39, 0.29) is 5.92 Å². The normalized spacial score (nSPS) is 15.6. The van der Waals surface area contributed by atoms with Crippen molar-refractivity contribution in [3.63, 3.8) is 0 Å². The van der Waals surface area contributed by atoms with Crippen LogP contribution in [0.3, 0.4) is 0 Å². The zero-order valence-corrected chi connectivity index (χ0v) is 9.89. The van der Waals surface area contributed by atoms with E-state index in [4.69, 9.17) is 11.6 Å². The Balaban J connectivity index is 3.19. The van der Waals surface area contributed by atoms with Crippen LogP contribution in [0.25, 0.3) is 0 Å². The molecule has 0 radical (unpaired) electrons. The van der Waals surface area contributed by atoms with Crippen LogP contribution in [0.15, 0.2) is 18.2 Å². The van der Waals surface area contributed by atoms with Crippen molar-refractivity contribution in [2.45, 2.75) is 33.3 Å². The van der Waals surface area contributed by atoms with Gasteiger partial charge in [-0.1, -0.05) is 31.5 Å². The minimum Gasteiger partial charge on any atom is -0.385 e. The molecule has 78 valence electrons. The SMILES string of the molecule is Cc1cc(Cl)ccc1[C@@](C)(O)C(C)C. The van der Waals surface area contributed by atoms with E-state index >= 15 is 0 Å². The monoisotopic (exact) mass is 212 g/mol. The van der Waals surface area contributed by atoms with Crippen molar-refractivity contribution in [3.8, 4) is 0 Å². The van der Waals surface area contributed by atoms with E-state index in [0.717, 1.165) is 11.1 Å². The van der Waals surface area contributed by atoms with Crippen LogP contribution in [0, 0.1) is 12.8 Å². The van der Waals surface area contributed by atoms with Gasteiger partial charge in [-0.3, -0.25) is 0 Å². The first-order valence-electron chi connectivity index (χ1n) is 4.84. The van der Waals surface area contributed by atoms with Crippen molar-refractivity contribution in [1.29, 1.82) is 0 Å². The van der Waals surface area contributed by atoms with Crippen LogP contribution in [0.4, 0.5) is 0 Å². The molecule has 0 saturated carbocycles. The highest BCUT2D eigenvalue weighted by Gasteiger charge is 2.28. The third-order valence-corrected chi connectivity index (χ3v) is 3.09. The summed E-state index contributed by atoms with van der Waals surface area (Å²) in [6.45, 7) is 7.83. The molecule has 1 atom stereocenters. The third kappa shape index (κ3) is 2.10. The van der Waals surface area contributed by atoms with Gasteiger partial charge in [0.25, 0.3) is 0 Å². The molecule has 1 rings (SSSR count). The molecule has 0 aliphatic carbocycles. The van der Waals surface area contributed by atoms with E-state index in [9.17, 15) is 5.11 Å². The zero-order chi connectivity index (χ0) is 10.9. The minimum atomic E-state index is -0.783. The van der Waals surface area contributed by atoms with Crippen LogP contribution < -0.4 is 0 Å². The highest BCUT2D eigenvalue weighted by atomic mass is 35.5. The van der Waals surface area contributed by atoms with Crippen molar-refractivity contribution >= 4 is 11.6 Å². The molecule has 1 N–H and O–H groups in total. The first-order valence-corrected chi connectivity index (χ1v) is 5.22. The molecular weight excluding hydrogens is 196 g/mol. The number of benzene rings is 1. The van der Waals surface area contributed by atoms with Crippen LogP contribution in [-0.4, -0.2) is 5.11 Å². The van der Waals surface area contributed by atoms with Crippen LogP contribution in [0.5, 0.6) is 0 Å². The standard InChI is InChI=1S/C12H17ClO/c1-8(2)12(4,14)11-6-5-10(13)7-9(11)3/h5-8,14H,1-4H3/t12-/m0/s1. The Hall–Kier alpha value is -0.530. The molecule has 1 aromatic carbocycles. The summed E-state index contributed by atoms with van der Waals surface area (Å²) < 4.78 is 0. The quantitative estimate of drug-likeness (QED) is 0.796. The lowest BCUT2D eigenvalue weighted by atomic mass is 9.83. The summed E-state index contributed by atoms with van der Waals surface area (Å²) in [6, 6.07) is 5.60. The average Bonchev–Trinajstić information content (AvgIpc) is 2.02. The summed E-state index contributed by atoms with van der Waals surface area (Å²) in [5.74, 6) is 0.183. The van der Waals surface area contributed by atoms with E-state index in [1.165, 1.54) is 0 Å². The maximum Gasteiger partial charge on any atom is 0.0893 e. The fourth-order valence-corrected chi connectivity index (χ4v) is 1.73. The van der Waals surface area contributed by atoms with E-state index in [2.05, 4.69) is 0 Å². The Morgan fingerprint density at radius 3 is 2.36 bits per heavy atom. The molecule has 0 unspecified atom stereocenters. The van der Waals surface area contributed by atoms with Crippen LogP contribution in [0.2, 0.25) is 5.02 Å². The number of aliphatic hydroxyl groups is 1. The summed E-state index contributed by atoms with van der Waals surface area (Å²) in [7, 11) is 0. The Morgan fingerprint density at radius 1 is 1.36 bits per heavy atom. The lowest BCUT2D eigenvalue weighted by Crippen LogP contribution is -2.28. The molecule has 0 saturated heterocycles.